The van der Waals surface area contributed by atoms with E-state index < -0.39 is 0 Å². The zero-order valence-corrected chi connectivity index (χ0v) is 38.4. The highest BCUT2D eigenvalue weighted by Gasteiger charge is 2.22. The van der Waals surface area contributed by atoms with E-state index in [2.05, 4.69) is 54.4 Å². The van der Waals surface area contributed by atoms with Crippen LogP contribution in [-0.2, 0) is 13.5 Å². The molecule has 2 atom stereocenters. The summed E-state index contributed by atoms with van der Waals surface area (Å²) in [5.41, 5.74) is 10.3. The fraction of sp³-hybridized carbons (Fsp3) is 0.143. The third kappa shape index (κ3) is 8.17. The molecule has 0 aliphatic rings. The molecule has 8 aromatic heterocycles. The highest BCUT2D eigenvalue weighted by atomic mass is 16.1. The topological polar surface area (TPSA) is 138 Å². The van der Waals surface area contributed by atoms with E-state index in [1.807, 2.05) is 166 Å². The first-order valence-electron chi connectivity index (χ1n) is 22.6. The van der Waals surface area contributed by atoms with Gasteiger partial charge in [-0.05, 0) is 110 Å². The Kier molecular flexibility index (Phi) is 11.7. The number of nitrogens with zero attached hydrogens (tertiary/aromatic N) is 9. The Morgan fingerprint density at radius 2 is 1.18 bits per heavy atom. The lowest BCUT2D eigenvalue weighted by molar-refractivity contribution is 0.688. The second-order valence-electron chi connectivity index (χ2n) is 17.1. The van der Waals surface area contributed by atoms with Gasteiger partial charge in [0.2, 0.25) is 0 Å². The standard InChI is InChI=1S/C31H27N5O.C25H21N5O/c1-20(17-27-30-22(14-16-32-27)10-8-15-33-30)28-18-23-9-7-13-25(26-19-35(3)34-21(26)2)29(23)31(37)36(28)24-11-5-4-6-12-24;1-16-10-13-26-20-15-21(30(25(31)22(16)20)19-8-4-3-5-9-19)17(2)29-24-23-18(11-14-28-24)7-6-12-27-23/h4-16,18-20H,17H2,1-3H3;3-15,17H,1-2H3,(H,28,29)/t20-;/m1./s1. The van der Waals surface area contributed by atoms with Gasteiger partial charge in [0.1, 0.15) is 5.52 Å². The first-order chi connectivity index (χ1) is 33.1. The van der Waals surface area contributed by atoms with Gasteiger partial charge in [-0.2, -0.15) is 5.10 Å². The van der Waals surface area contributed by atoms with Crippen molar-refractivity contribution in [1.82, 2.24) is 43.8 Å². The smallest absolute Gasteiger partial charge is 0.265 e. The van der Waals surface area contributed by atoms with Gasteiger partial charge in [-0.1, -0.05) is 73.7 Å². The molecule has 0 aliphatic heterocycles. The van der Waals surface area contributed by atoms with Gasteiger partial charge in [0.05, 0.1) is 44.9 Å². The molecule has 11 rings (SSSR count). The van der Waals surface area contributed by atoms with Crippen LogP contribution in [0.3, 0.4) is 0 Å². The van der Waals surface area contributed by atoms with Gasteiger partial charge in [0.15, 0.2) is 5.82 Å². The van der Waals surface area contributed by atoms with E-state index in [9.17, 15) is 9.59 Å². The van der Waals surface area contributed by atoms with Crippen LogP contribution < -0.4 is 16.4 Å². The van der Waals surface area contributed by atoms with Crippen LogP contribution in [0.25, 0.3) is 66.0 Å². The van der Waals surface area contributed by atoms with Gasteiger partial charge < -0.3 is 5.32 Å². The summed E-state index contributed by atoms with van der Waals surface area (Å²) < 4.78 is 5.41. The zero-order valence-electron chi connectivity index (χ0n) is 38.4. The second-order valence-corrected chi connectivity index (χ2v) is 17.1. The maximum absolute atomic E-state index is 14.3. The molecule has 68 heavy (non-hydrogen) atoms. The Balaban J connectivity index is 0.000000161. The van der Waals surface area contributed by atoms with Crippen molar-refractivity contribution < 1.29 is 0 Å². The van der Waals surface area contributed by atoms with Crippen LogP contribution in [0, 0.1) is 13.8 Å². The minimum absolute atomic E-state index is 0.0150. The summed E-state index contributed by atoms with van der Waals surface area (Å²) in [7, 11) is 1.90. The minimum Gasteiger partial charge on any atom is -0.360 e. The van der Waals surface area contributed by atoms with E-state index in [4.69, 9.17) is 0 Å². The molecule has 3 aromatic carbocycles. The number of para-hydroxylation sites is 2. The van der Waals surface area contributed by atoms with Gasteiger partial charge in [0.25, 0.3) is 11.1 Å². The van der Waals surface area contributed by atoms with E-state index in [-0.39, 0.29) is 23.1 Å². The van der Waals surface area contributed by atoms with Crippen molar-refractivity contribution in [1.29, 1.82) is 0 Å². The molecular weight excluding hydrogens is 845 g/mol. The molecule has 8 heterocycles. The Morgan fingerprint density at radius 3 is 1.87 bits per heavy atom. The SMILES string of the molecule is Cc1ccnc2cc(C(C)Nc3nccc4cccnc34)n(-c3ccccc3)c(=O)c12.Cc1nn(C)cc1-c1cccc2cc([C@H](C)Cc3nccc4cccnc34)n(-c3ccccc3)c(=O)c12. The number of anilines is 1. The number of rotatable bonds is 9. The van der Waals surface area contributed by atoms with Crippen molar-refractivity contribution in [3.05, 3.63) is 220 Å². The number of pyridine rings is 7. The summed E-state index contributed by atoms with van der Waals surface area (Å²) in [5, 5.41) is 12.3. The molecule has 0 amide bonds. The van der Waals surface area contributed by atoms with Crippen molar-refractivity contribution >= 4 is 49.3 Å². The number of aromatic nitrogens is 9. The summed E-state index contributed by atoms with van der Waals surface area (Å²) in [4.78, 5) is 50.7. The third-order valence-corrected chi connectivity index (χ3v) is 12.5. The lowest BCUT2D eigenvalue weighted by Crippen LogP contribution is -2.26. The maximum Gasteiger partial charge on any atom is 0.265 e. The van der Waals surface area contributed by atoms with Crippen LogP contribution in [0.1, 0.15) is 54.1 Å². The van der Waals surface area contributed by atoms with Gasteiger partial charge in [-0.15, -0.1) is 0 Å². The molecule has 1 N–H and O–H groups in total. The van der Waals surface area contributed by atoms with Gasteiger partial charge in [-0.25, -0.2) is 4.98 Å². The van der Waals surface area contributed by atoms with E-state index >= 15 is 0 Å². The van der Waals surface area contributed by atoms with Crippen LogP contribution >= 0.6 is 0 Å². The van der Waals surface area contributed by atoms with Crippen molar-refractivity contribution in [2.45, 2.75) is 46.1 Å². The molecule has 0 aliphatic carbocycles. The molecule has 0 saturated carbocycles. The van der Waals surface area contributed by atoms with Crippen LogP contribution in [0.15, 0.2) is 180 Å². The van der Waals surface area contributed by atoms with Crippen molar-refractivity contribution in [2.75, 3.05) is 5.32 Å². The molecule has 0 spiro atoms. The largest absolute Gasteiger partial charge is 0.360 e. The van der Waals surface area contributed by atoms with Gasteiger partial charge in [0, 0.05) is 83.6 Å². The van der Waals surface area contributed by atoms with Crippen molar-refractivity contribution in [3.63, 3.8) is 0 Å². The fourth-order valence-corrected chi connectivity index (χ4v) is 9.23. The number of nitrogens with one attached hydrogen (secondary N) is 1. The fourth-order valence-electron chi connectivity index (χ4n) is 9.23. The quantitative estimate of drug-likeness (QED) is 0.150. The number of benzene rings is 3. The molecule has 12 nitrogen and oxygen atoms in total. The Bertz CT molecular complexity index is 3760. The molecule has 12 heteroatoms. The lowest BCUT2D eigenvalue weighted by Gasteiger charge is -2.21. The van der Waals surface area contributed by atoms with Gasteiger partial charge >= 0.3 is 0 Å². The van der Waals surface area contributed by atoms with Crippen molar-refractivity contribution in [2.24, 2.45) is 7.05 Å². The second kappa shape index (κ2) is 18.3. The van der Waals surface area contributed by atoms with E-state index in [1.165, 1.54) is 0 Å². The first-order valence-corrected chi connectivity index (χ1v) is 22.6. The molecule has 1 unspecified atom stereocenters. The predicted molar refractivity (Wildman–Crippen MR) is 272 cm³/mol. The van der Waals surface area contributed by atoms with Crippen molar-refractivity contribution in [3.8, 4) is 22.5 Å². The summed E-state index contributed by atoms with van der Waals surface area (Å²) >= 11 is 0. The Hall–Kier alpha value is -8.64. The minimum atomic E-state index is -0.222. The molecule has 334 valence electrons. The molecule has 0 radical (unpaired) electrons. The Labute approximate surface area is 392 Å². The van der Waals surface area contributed by atoms with Crippen LogP contribution in [0.4, 0.5) is 5.82 Å². The lowest BCUT2D eigenvalue weighted by atomic mass is 9.94. The first kappa shape index (κ1) is 43.3. The average Bonchev–Trinajstić information content (AvgIpc) is 3.71. The average molecular weight is 893 g/mol. The highest BCUT2D eigenvalue weighted by Crippen LogP contribution is 2.33. The molecule has 11 aromatic rings. The molecular formula is C56H48N10O2. The highest BCUT2D eigenvalue weighted by molar-refractivity contribution is 5.97. The molecule has 0 bridgehead atoms. The summed E-state index contributed by atoms with van der Waals surface area (Å²) in [5.74, 6) is 0.691. The number of aryl methyl sites for hydroxylation is 3. The van der Waals surface area contributed by atoms with E-state index in [0.717, 1.165) is 78.0 Å². The molecule has 0 fully saturated rings. The van der Waals surface area contributed by atoms with Gasteiger partial charge in [-0.3, -0.25) is 43.3 Å². The van der Waals surface area contributed by atoms with Crippen LogP contribution in [0.2, 0.25) is 0 Å². The zero-order chi connectivity index (χ0) is 46.9. The third-order valence-electron chi connectivity index (χ3n) is 12.5. The summed E-state index contributed by atoms with van der Waals surface area (Å²) in [6.07, 6.45) is 11.5. The number of hydrogen-bond acceptors (Lipinski definition) is 9. The molecule has 0 saturated heterocycles. The van der Waals surface area contributed by atoms with Crippen LogP contribution in [-0.4, -0.2) is 43.8 Å². The maximum atomic E-state index is 14.3. The predicted octanol–water partition coefficient (Wildman–Crippen LogP) is 10.8. The van der Waals surface area contributed by atoms with E-state index in [1.54, 1.807) is 34.0 Å². The number of hydrogen-bond donors (Lipinski definition) is 1. The summed E-state index contributed by atoms with van der Waals surface area (Å²) in [6.45, 7) is 8.08. The summed E-state index contributed by atoms with van der Waals surface area (Å²) in [6, 6.07) is 43.2. The number of fused-ring (bicyclic) bond motifs is 4. The van der Waals surface area contributed by atoms with Crippen LogP contribution in [0.5, 0.6) is 0 Å². The normalized spacial score (nSPS) is 12.2. The van der Waals surface area contributed by atoms with E-state index in [0.29, 0.717) is 28.5 Å². The Morgan fingerprint density at radius 1 is 0.559 bits per heavy atom. The monoisotopic (exact) mass is 892 g/mol.